The van der Waals surface area contributed by atoms with Gasteiger partial charge in [0.1, 0.15) is 0 Å². The second-order valence-corrected chi connectivity index (χ2v) is 3.52. The molecular formula is C10H9ClO. The predicted octanol–water partition coefficient (Wildman–Crippen LogP) is 2.64. The zero-order valence-electron chi connectivity index (χ0n) is 6.64. The van der Waals surface area contributed by atoms with Crippen LogP contribution < -0.4 is 0 Å². The normalized spacial score (nSPS) is 14.4. The van der Waals surface area contributed by atoms with Gasteiger partial charge in [-0.05, 0) is 42.5 Å². The first-order valence-electron chi connectivity index (χ1n) is 4.08. The van der Waals surface area contributed by atoms with E-state index in [4.69, 9.17) is 11.6 Å². The molecule has 1 aromatic carbocycles. The highest BCUT2D eigenvalue weighted by molar-refractivity contribution is 6.33. The molecule has 0 aliphatic heterocycles. The molecule has 0 heterocycles. The quantitative estimate of drug-likeness (QED) is 0.608. The summed E-state index contributed by atoms with van der Waals surface area (Å²) >= 11 is 5.88. The predicted molar refractivity (Wildman–Crippen MR) is 48.9 cm³/mol. The summed E-state index contributed by atoms with van der Waals surface area (Å²) < 4.78 is 0. The molecule has 0 N–H and O–H groups in total. The van der Waals surface area contributed by atoms with Crippen LogP contribution >= 0.6 is 11.6 Å². The van der Waals surface area contributed by atoms with Gasteiger partial charge in [-0.3, -0.25) is 4.79 Å². The average molecular weight is 181 g/mol. The van der Waals surface area contributed by atoms with Crippen LogP contribution in [0.4, 0.5) is 0 Å². The Bertz CT molecular complexity index is 331. The van der Waals surface area contributed by atoms with Crippen molar-refractivity contribution < 1.29 is 4.79 Å². The maximum Gasteiger partial charge on any atom is 0.151 e. The van der Waals surface area contributed by atoms with E-state index in [1.54, 1.807) is 0 Å². The Hall–Kier alpha value is -0.820. The lowest BCUT2D eigenvalue weighted by molar-refractivity contribution is 0.112. The molecule has 12 heavy (non-hydrogen) atoms. The molecule has 1 aromatic rings. The van der Waals surface area contributed by atoms with Gasteiger partial charge >= 0.3 is 0 Å². The summed E-state index contributed by atoms with van der Waals surface area (Å²) in [7, 11) is 0. The number of aryl methyl sites for hydroxylation is 2. The largest absolute Gasteiger partial charge is 0.298 e. The molecule has 0 saturated heterocycles. The van der Waals surface area contributed by atoms with E-state index in [2.05, 4.69) is 0 Å². The molecule has 0 amide bonds. The fourth-order valence-electron chi connectivity index (χ4n) is 1.70. The van der Waals surface area contributed by atoms with Crippen LogP contribution in [0.1, 0.15) is 27.9 Å². The fraction of sp³-hybridized carbons (Fsp3) is 0.300. The van der Waals surface area contributed by atoms with Crippen molar-refractivity contribution in [1.29, 1.82) is 0 Å². The summed E-state index contributed by atoms with van der Waals surface area (Å²) in [5, 5.41) is 0.589. The van der Waals surface area contributed by atoms with Crippen LogP contribution in [0.3, 0.4) is 0 Å². The van der Waals surface area contributed by atoms with Crippen molar-refractivity contribution in [3.63, 3.8) is 0 Å². The Balaban J connectivity index is 2.56. The molecule has 1 aliphatic rings. The molecule has 0 atom stereocenters. The smallest absolute Gasteiger partial charge is 0.151 e. The fourth-order valence-corrected chi connectivity index (χ4v) is 1.93. The van der Waals surface area contributed by atoms with Gasteiger partial charge in [-0.15, -0.1) is 0 Å². The van der Waals surface area contributed by atoms with Gasteiger partial charge in [0.05, 0.1) is 5.02 Å². The van der Waals surface area contributed by atoms with Gasteiger partial charge in [-0.2, -0.15) is 0 Å². The SMILES string of the molecule is O=Cc1cc2c(cc1Cl)CCC2. The molecule has 2 heteroatoms. The number of fused-ring (bicyclic) bond motifs is 1. The summed E-state index contributed by atoms with van der Waals surface area (Å²) in [5.74, 6) is 0. The number of aldehydes is 1. The van der Waals surface area contributed by atoms with Crippen LogP contribution in [-0.4, -0.2) is 6.29 Å². The summed E-state index contributed by atoms with van der Waals surface area (Å²) in [6, 6.07) is 3.84. The minimum Gasteiger partial charge on any atom is -0.298 e. The van der Waals surface area contributed by atoms with Gasteiger partial charge in [0.2, 0.25) is 0 Å². The van der Waals surface area contributed by atoms with Gasteiger partial charge in [0.25, 0.3) is 0 Å². The van der Waals surface area contributed by atoms with E-state index in [9.17, 15) is 4.79 Å². The topological polar surface area (TPSA) is 17.1 Å². The van der Waals surface area contributed by atoms with Crippen LogP contribution in [-0.2, 0) is 12.8 Å². The van der Waals surface area contributed by atoms with Gasteiger partial charge in [-0.1, -0.05) is 11.6 Å². The molecule has 0 aromatic heterocycles. The Morgan fingerprint density at radius 1 is 1.25 bits per heavy atom. The van der Waals surface area contributed by atoms with Crippen LogP contribution in [0.25, 0.3) is 0 Å². The van der Waals surface area contributed by atoms with Gasteiger partial charge in [-0.25, -0.2) is 0 Å². The molecule has 1 aliphatic carbocycles. The van der Waals surface area contributed by atoms with Crippen LogP contribution in [0.15, 0.2) is 12.1 Å². The molecular weight excluding hydrogens is 172 g/mol. The van der Waals surface area contributed by atoms with E-state index in [1.165, 1.54) is 17.5 Å². The molecule has 0 saturated carbocycles. The number of rotatable bonds is 1. The first-order valence-corrected chi connectivity index (χ1v) is 4.45. The lowest BCUT2D eigenvalue weighted by atomic mass is 10.1. The lowest BCUT2D eigenvalue weighted by Crippen LogP contribution is -1.88. The molecule has 0 spiro atoms. The molecule has 1 nitrogen and oxygen atoms in total. The highest BCUT2D eigenvalue weighted by Gasteiger charge is 2.12. The third-order valence-electron chi connectivity index (χ3n) is 2.34. The zero-order valence-corrected chi connectivity index (χ0v) is 7.40. The molecule has 2 rings (SSSR count). The standard InChI is InChI=1S/C10H9ClO/c11-10-5-8-3-1-2-7(8)4-9(10)6-12/h4-6H,1-3H2. The lowest BCUT2D eigenvalue weighted by Gasteiger charge is -2.01. The Morgan fingerprint density at radius 2 is 1.92 bits per heavy atom. The van der Waals surface area contributed by atoms with Crippen molar-refractivity contribution in [2.24, 2.45) is 0 Å². The van der Waals surface area contributed by atoms with Crippen LogP contribution in [0, 0.1) is 0 Å². The van der Waals surface area contributed by atoms with Gasteiger partial charge in [0, 0.05) is 5.56 Å². The van der Waals surface area contributed by atoms with E-state index >= 15 is 0 Å². The first-order chi connectivity index (χ1) is 5.81. The Labute approximate surface area is 76.4 Å². The summed E-state index contributed by atoms with van der Waals surface area (Å²) in [6.07, 6.45) is 4.20. The number of hydrogen-bond donors (Lipinski definition) is 0. The van der Waals surface area contributed by atoms with Crippen molar-refractivity contribution in [2.75, 3.05) is 0 Å². The van der Waals surface area contributed by atoms with E-state index in [-0.39, 0.29) is 0 Å². The maximum absolute atomic E-state index is 10.5. The highest BCUT2D eigenvalue weighted by atomic mass is 35.5. The number of benzene rings is 1. The summed E-state index contributed by atoms with van der Waals surface area (Å²) in [4.78, 5) is 10.5. The van der Waals surface area contributed by atoms with Crippen LogP contribution in [0.2, 0.25) is 5.02 Å². The van der Waals surface area contributed by atoms with Crippen LogP contribution in [0.5, 0.6) is 0 Å². The van der Waals surface area contributed by atoms with E-state index in [0.717, 1.165) is 19.1 Å². The van der Waals surface area contributed by atoms with Crippen molar-refractivity contribution in [3.05, 3.63) is 33.8 Å². The number of carbonyl (C=O) groups excluding carboxylic acids is 1. The zero-order chi connectivity index (χ0) is 8.55. The number of carbonyl (C=O) groups is 1. The third kappa shape index (κ3) is 1.14. The summed E-state index contributed by atoms with van der Waals surface area (Å²) in [5.41, 5.74) is 3.23. The number of hydrogen-bond acceptors (Lipinski definition) is 1. The van der Waals surface area contributed by atoms with Gasteiger partial charge in [0.15, 0.2) is 6.29 Å². The summed E-state index contributed by atoms with van der Waals surface area (Å²) in [6.45, 7) is 0. The van der Waals surface area contributed by atoms with Crippen molar-refractivity contribution in [3.8, 4) is 0 Å². The minimum atomic E-state index is 0.589. The Kier molecular flexibility index (Phi) is 1.89. The average Bonchev–Trinajstić information content (AvgIpc) is 2.49. The van der Waals surface area contributed by atoms with Crippen molar-refractivity contribution in [1.82, 2.24) is 0 Å². The minimum absolute atomic E-state index is 0.589. The number of halogens is 1. The van der Waals surface area contributed by atoms with E-state index in [0.29, 0.717) is 10.6 Å². The van der Waals surface area contributed by atoms with E-state index < -0.39 is 0 Å². The Morgan fingerprint density at radius 3 is 2.58 bits per heavy atom. The first kappa shape index (κ1) is 7.81. The van der Waals surface area contributed by atoms with Crippen molar-refractivity contribution in [2.45, 2.75) is 19.3 Å². The highest BCUT2D eigenvalue weighted by Crippen LogP contribution is 2.27. The van der Waals surface area contributed by atoms with E-state index in [1.807, 2.05) is 12.1 Å². The molecule has 0 bridgehead atoms. The molecule has 0 fully saturated rings. The molecule has 62 valence electrons. The monoisotopic (exact) mass is 180 g/mol. The second kappa shape index (κ2) is 2.91. The van der Waals surface area contributed by atoms with Gasteiger partial charge < -0.3 is 0 Å². The maximum atomic E-state index is 10.5. The second-order valence-electron chi connectivity index (χ2n) is 3.11. The molecule has 0 unspecified atom stereocenters. The third-order valence-corrected chi connectivity index (χ3v) is 2.67. The van der Waals surface area contributed by atoms with Crippen molar-refractivity contribution >= 4 is 17.9 Å². The molecule has 0 radical (unpaired) electrons.